The summed E-state index contributed by atoms with van der Waals surface area (Å²) in [6, 6.07) is 6.07. The van der Waals surface area contributed by atoms with E-state index in [0.29, 0.717) is 0 Å². The maximum absolute atomic E-state index is 13.9. The third-order valence-corrected chi connectivity index (χ3v) is 3.64. The first kappa shape index (κ1) is 15.0. The number of carbonyl (C=O) groups is 1. The Labute approximate surface area is 133 Å². The van der Waals surface area contributed by atoms with Crippen LogP contribution in [0.15, 0.2) is 24.3 Å². The Morgan fingerprint density at radius 1 is 1.45 bits per heavy atom. The summed E-state index contributed by atoms with van der Waals surface area (Å²) in [5, 5.41) is -0.00785. The number of nitrogen functional groups attached to an aromatic ring is 1. The van der Waals surface area contributed by atoms with Gasteiger partial charge in [-0.05, 0) is 46.9 Å². The minimum Gasteiger partial charge on any atom is -0.464 e. The molecule has 1 aromatic heterocycles. The van der Waals surface area contributed by atoms with E-state index in [4.69, 9.17) is 17.3 Å². The number of aromatic nitrogens is 1. The summed E-state index contributed by atoms with van der Waals surface area (Å²) in [5.41, 5.74) is 6.18. The summed E-state index contributed by atoms with van der Waals surface area (Å²) < 4.78 is 19.3. The van der Waals surface area contributed by atoms with Crippen molar-refractivity contribution in [2.75, 3.05) is 12.8 Å². The average molecular weight is 407 g/mol. The maximum Gasteiger partial charge on any atom is 0.358 e. The lowest BCUT2D eigenvalue weighted by molar-refractivity contribution is 0.0594. The molecule has 4 nitrogen and oxygen atoms in total. The molecule has 20 heavy (non-hydrogen) atoms. The fraction of sp³-hybridized carbons (Fsp3) is 0.0769. The second-order valence-corrected chi connectivity index (χ2v) is 5.50. The molecule has 0 unspecified atom stereocenters. The number of anilines is 1. The molecule has 0 aliphatic carbocycles. The van der Waals surface area contributed by atoms with E-state index in [9.17, 15) is 9.18 Å². The number of nitrogens with two attached hydrogens (primary N) is 1. The van der Waals surface area contributed by atoms with Crippen LogP contribution in [0.2, 0.25) is 5.02 Å². The van der Waals surface area contributed by atoms with Gasteiger partial charge < -0.3 is 10.5 Å². The van der Waals surface area contributed by atoms with Gasteiger partial charge in [-0.15, -0.1) is 0 Å². The molecular weight excluding hydrogens is 398 g/mol. The lowest BCUT2D eigenvalue weighted by Gasteiger charge is -2.09. The van der Waals surface area contributed by atoms with Crippen LogP contribution in [0.1, 0.15) is 10.5 Å². The minimum atomic E-state index is -0.727. The van der Waals surface area contributed by atoms with E-state index in [0.717, 1.165) is 3.57 Å². The number of esters is 1. The first-order chi connectivity index (χ1) is 9.43. The zero-order valence-corrected chi connectivity index (χ0v) is 13.2. The van der Waals surface area contributed by atoms with E-state index in [1.165, 1.54) is 19.2 Å². The van der Waals surface area contributed by atoms with Crippen molar-refractivity contribution in [2.24, 2.45) is 0 Å². The molecule has 0 fully saturated rings. The third-order valence-electron chi connectivity index (χ3n) is 2.57. The van der Waals surface area contributed by atoms with Crippen LogP contribution in [0.25, 0.3) is 11.3 Å². The predicted molar refractivity (Wildman–Crippen MR) is 83.1 cm³/mol. The number of benzene rings is 1. The average Bonchev–Trinajstić information content (AvgIpc) is 2.41. The zero-order chi connectivity index (χ0) is 14.9. The van der Waals surface area contributed by atoms with Gasteiger partial charge in [0.1, 0.15) is 5.82 Å². The summed E-state index contributed by atoms with van der Waals surface area (Å²) in [6.45, 7) is 0. The summed E-state index contributed by atoms with van der Waals surface area (Å²) >= 11 is 7.90. The van der Waals surface area contributed by atoms with Gasteiger partial charge in [0.05, 0.1) is 23.5 Å². The van der Waals surface area contributed by atoms with Crippen LogP contribution in [0.4, 0.5) is 10.1 Å². The summed E-state index contributed by atoms with van der Waals surface area (Å²) in [7, 11) is 1.20. The standard InChI is InChI=1S/C13H9ClFIN2O2/c1-20-13(19)12-11(14)9(17)5-10(18-12)7-3-2-6(16)4-8(7)15/h2-5H,1H3,(H2,17,18). The molecule has 0 bridgehead atoms. The molecule has 0 saturated heterocycles. The summed E-state index contributed by atoms with van der Waals surface area (Å²) in [4.78, 5) is 15.6. The van der Waals surface area contributed by atoms with Gasteiger partial charge in [0.25, 0.3) is 0 Å². The fourth-order valence-corrected chi connectivity index (χ4v) is 2.24. The molecule has 0 spiro atoms. The number of halogens is 3. The molecule has 0 radical (unpaired) electrons. The van der Waals surface area contributed by atoms with Gasteiger partial charge in [-0.1, -0.05) is 11.6 Å². The predicted octanol–water partition coefficient (Wildman–Crippen LogP) is 3.51. The van der Waals surface area contributed by atoms with Gasteiger partial charge >= 0.3 is 5.97 Å². The highest BCUT2D eigenvalue weighted by Gasteiger charge is 2.18. The highest BCUT2D eigenvalue weighted by molar-refractivity contribution is 14.1. The highest BCUT2D eigenvalue weighted by atomic mass is 127. The Balaban J connectivity index is 2.63. The Hall–Kier alpha value is -1.41. The van der Waals surface area contributed by atoms with Gasteiger partial charge in [-0.3, -0.25) is 0 Å². The van der Waals surface area contributed by atoms with Gasteiger partial charge in [0.2, 0.25) is 0 Å². The SMILES string of the molecule is COC(=O)c1nc(-c2ccc(I)cc2F)cc(N)c1Cl. The largest absolute Gasteiger partial charge is 0.464 e. The van der Waals surface area contributed by atoms with E-state index < -0.39 is 11.8 Å². The van der Waals surface area contributed by atoms with Crippen LogP contribution >= 0.6 is 34.2 Å². The molecule has 104 valence electrons. The fourth-order valence-electron chi connectivity index (χ4n) is 1.62. The van der Waals surface area contributed by atoms with Crippen LogP contribution < -0.4 is 5.73 Å². The van der Waals surface area contributed by atoms with E-state index in [1.54, 1.807) is 12.1 Å². The number of ether oxygens (including phenoxy) is 1. The van der Waals surface area contributed by atoms with Crippen LogP contribution in [0.5, 0.6) is 0 Å². The number of pyridine rings is 1. The molecule has 2 N–H and O–H groups in total. The quantitative estimate of drug-likeness (QED) is 0.612. The molecule has 0 atom stereocenters. The smallest absolute Gasteiger partial charge is 0.358 e. The maximum atomic E-state index is 13.9. The molecule has 0 aliphatic heterocycles. The Bertz CT molecular complexity index is 694. The second-order valence-electron chi connectivity index (χ2n) is 3.88. The first-order valence-electron chi connectivity index (χ1n) is 5.43. The number of hydrogen-bond acceptors (Lipinski definition) is 4. The topological polar surface area (TPSA) is 65.2 Å². The zero-order valence-electron chi connectivity index (χ0n) is 10.3. The van der Waals surface area contributed by atoms with E-state index in [2.05, 4.69) is 9.72 Å². The van der Waals surface area contributed by atoms with Crippen molar-refractivity contribution in [2.45, 2.75) is 0 Å². The monoisotopic (exact) mass is 406 g/mol. The highest BCUT2D eigenvalue weighted by Crippen LogP contribution is 2.30. The number of methoxy groups -OCH3 is 1. The van der Waals surface area contributed by atoms with Crippen LogP contribution in [-0.4, -0.2) is 18.1 Å². The van der Waals surface area contributed by atoms with Gasteiger partial charge in [0, 0.05) is 9.13 Å². The van der Waals surface area contributed by atoms with Gasteiger partial charge in [-0.2, -0.15) is 0 Å². The number of nitrogens with zero attached hydrogens (tertiary/aromatic N) is 1. The van der Waals surface area contributed by atoms with Crippen molar-refractivity contribution in [1.82, 2.24) is 4.98 Å². The van der Waals surface area contributed by atoms with E-state index in [-0.39, 0.29) is 27.7 Å². The van der Waals surface area contributed by atoms with Crippen molar-refractivity contribution in [1.29, 1.82) is 0 Å². The Morgan fingerprint density at radius 3 is 2.75 bits per heavy atom. The number of carbonyl (C=O) groups excluding carboxylic acids is 1. The van der Waals surface area contributed by atoms with Crippen molar-refractivity contribution < 1.29 is 13.9 Å². The molecule has 7 heteroatoms. The molecule has 0 saturated carbocycles. The van der Waals surface area contributed by atoms with Crippen molar-refractivity contribution in [3.05, 3.63) is 44.4 Å². The third kappa shape index (κ3) is 2.85. The molecule has 2 rings (SSSR count). The van der Waals surface area contributed by atoms with Crippen molar-refractivity contribution in [3.8, 4) is 11.3 Å². The van der Waals surface area contributed by atoms with E-state index in [1.807, 2.05) is 22.6 Å². The van der Waals surface area contributed by atoms with Gasteiger partial charge in [0.15, 0.2) is 5.69 Å². The van der Waals surface area contributed by atoms with Crippen molar-refractivity contribution >= 4 is 45.8 Å². The van der Waals surface area contributed by atoms with Crippen LogP contribution in [0, 0.1) is 9.39 Å². The molecule has 0 amide bonds. The summed E-state index contributed by atoms with van der Waals surface area (Å²) in [5.74, 6) is -1.18. The lowest BCUT2D eigenvalue weighted by Crippen LogP contribution is -2.08. The first-order valence-corrected chi connectivity index (χ1v) is 6.89. The second kappa shape index (κ2) is 5.92. The molecular formula is C13H9ClFIN2O2. The molecule has 2 aromatic rings. The van der Waals surface area contributed by atoms with Gasteiger partial charge in [-0.25, -0.2) is 14.2 Å². The normalized spacial score (nSPS) is 10.4. The summed E-state index contributed by atoms with van der Waals surface area (Å²) in [6.07, 6.45) is 0. The van der Waals surface area contributed by atoms with Crippen LogP contribution in [0.3, 0.4) is 0 Å². The number of rotatable bonds is 2. The van der Waals surface area contributed by atoms with Crippen LogP contribution in [-0.2, 0) is 4.74 Å². The minimum absolute atomic E-state index is 0.00785. The lowest BCUT2D eigenvalue weighted by atomic mass is 10.1. The molecule has 0 aliphatic rings. The number of hydrogen-bond donors (Lipinski definition) is 1. The molecule has 1 aromatic carbocycles. The van der Waals surface area contributed by atoms with Crippen molar-refractivity contribution in [3.63, 3.8) is 0 Å². The Morgan fingerprint density at radius 2 is 2.15 bits per heavy atom. The Kier molecular flexibility index (Phi) is 4.44. The van der Waals surface area contributed by atoms with E-state index >= 15 is 0 Å². The molecule has 1 heterocycles.